The zero-order chi connectivity index (χ0) is 22.4. The minimum atomic E-state index is -0.452. The maximum atomic E-state index is 12.5. The molecule has 3 unspecified atom stereocenters. The quantitative estimate of drug-likeness (QED) is 0.226. The molecule has 0 aromatic heterocycles. The normalized spacial score (nSPS) is 14.0. The summed E-state index contributed by atoms with van der Waals surface area (Å²) in [5.41, 5.74) is 0.572. The Kier molecular flexibility index (Phi) is 13.1. The number of benzene rings is 1. The second-order valence-electron chi connectivity index (χ2n) is 8.84. The molecule has 0 aliphatic rings. The van der Waals surface area contributed by atoms with Gasteiger partial charge in [0, 0.05) is 0 Å². The molecule has 30 heavy (non-hydrogen) atoms. The van der Waals surface area contributed by atoms with Crippen molar-refractivity contribution in [2.24, 2.45) is 17.8 Å². The van der Waals surface area contributed by atoms with Gasteiger partial charge in [-0.1, -0.05) is 85.3 Å². The number of unbranched alkanes of at least 4 members (excludes halogenated alkanes) is 2. The van der Waals surface area contributed by atoms with Crippen LogP contribution in [0.1, 0.15) is 107 Å². The van der Waals surface area contributed by atoms with Crippen LogP contribution in [0, 0.1) is 17.8 Å². The van der Waals surface area contributed by atoms with E-state index in [0.29, 0.717) is 25.0 Å². The molecule has 0 aliphatic carbocycles. The molecule has 1 rings (SSSR count). The van der Waals surface area contributed by atoms with E-state index in [4.69, 9.17) is 9.47 Å². The van der Waals surface area contributed by atoms with E-state index < -0.39 is 11.9 Å². The van der Waals surface area contributed by atoms with Crippen LogP contribution < -0.4 is 0 Å². The number of ether oxygens (including phenoxy) is 2. The summed E-state index contributed by atoms with van der Waals surface area (Å²) in [6, 6.07) is 6.76. The van der Waals surface area contributed by atoms with Crippen molar-refractivity contribution >= 4 is 11.9 Å². The highest BCUT2D eigenvalue weighted by atomic mass is 16.5. The van der Waals surface area contributed by atoms with E-state index in [9.17, 15) is 9.59 Å². The molecule has 1 aromatic carbocycles. The minimum Gasteiger partial charge on any atom is -0.462 e. The van der Waals surface area contributed by atoms with Crippen molar-refractivity contribution in [1.29, 1.82) is 0 Å². The van der Waals surface area contributed by atoms with Gasteiger partial charge < -0.3 is 9.47 Å². The van der Waals surface area contributed by atoms with Gasteiger partial charge in [-0.2, -0.15) is 0 Å². The Hall–Kier alpha value is -1.84. The molecular formula is C26H42O4. The van der Waals surface area contributed by atoms with Crippen molar-refractivity contribution < 1.29 is 19.1 Å². The number of hydrogen-bond donors (Lipinski definition) is 0. The molecule has 0 amide bonds. The molecule has 0 fully saturated rings. The topological polar surface area (TPSA) is 52.6 Å². The Bertz CT molecular complexity index is 625. The number of carbonyl (C=O) groups is 2. The summed E-state index contributed by atoms with van der Waals surface area (Å²) >= 11 is 0. The third kappa shape index (κ3) is 10.3. The second kappa shape index (κ2) is 15.0. The van der Waals surface area contributed by atoms with E-state index in [1.165, 1.54) is 19.3 Å². The molecule has 0 spiro atoms. The van der Waals surface area contributed by atoms with Gasteiger partial charge in [0.1, 0.15) is 0 Å². The van der Waals surface area contributed by atoms with Crippen LogP contribution in [0.5, 0.6) is 0 Å². The van der Waals surface area contributed by atoms with E-state index in [1.54, 1.807) is 24.3 Å². The predicted octanol–water partition coefficient (Wildman–Crippen LogP) is 7.07. The van der Waals surface area contributed by atoms with Crippen LogP contribution in [0.2, 0.25) is 0 Å². The molecule has 0 radical (unpaired) electrons. The van der Waals surface area contributed by atoms with Gasteiger partial charge in [0.2, 0.25) is 0 Å². The lowest BCUT2D eigenvalue weighted by atomic mass is 9.97. The highest BCUT2D eigenvalue weighted by molar-refractivity contribution is 6.03. The monoisotopic (exact) mass is 418 g/mol. The number of rotatable bonds is 15. The van der Waals surface area contributed by atoms with Gasteiger partial charge in [-0.3, -0.25) is 0 Å². The van der Waals surface area contributed by atoms with Crippen LogP contribution in [0.4, 0.5) is 0 Å². The van der Waals surface area contributed by atoms with Gasteiger partial charge in [0.05, 0.1) is 24.3 Å². The summed E-state index contributed by atoms with van der Waals surface area (Å²) < 4.78 is 10.9. The van der Waals surface area contributed by atoms with Crippen LogP contribution in [-0.4, -0.2) is 25.2 Å². The van der Waals surface area contributed by atoms with Crippen LogP contribution >= 0.6 is 0 Å². The lowest BCUT2D eigenvalue weighted by Gasteiger charge is -2.15. The fraction of sp³-hybridized carbons (Fsp3) is 0.692. The summed E-state index contributed by atoms with van der Waals surface area (Å²) in [6.07, 6.45) is 8.81. The largest absolute Gasteiger partial charge is 0.462 e. The van der Waals surface area contributed by atoms with Crippen molar-refractivity contribution in [3.8, 4) is 0 Å². The SMILES string of the molecule is CCC(C)CCCCCOC(=O)c1ccccc1C(=O)OCC(C)CCC(C)CC. The average Bonchev–Trinajstić information content (AvgIpc) is 2.77. The zero-order valence-corrected chi connectivity index (χ0v) is 19.7. The van der Waals surface area contributed by atoms with Crippen LogP contribution in [0.3, 0.4) is 0 Å². The van der Waals surface area contributed by atoms with E-state index >= 15 is 0 Å². The molecule has 4 nitrogen and oxygen atoms in total. The molecule has 3 atom stereocenters. The van der Waals surface area contributed by atoms with E-state index in [1.807, 2.05) is 0 Å². The smallest absolute Gasteiger partial charge is 0.339 e. The van der Waals surface area contributed by atoms with Crippen LogP contribution in [-0.2, 0) is 9.47 Å². The Morgan fingerprint density at radius 3 is 1.87 bits per heavy atom. The molecule has 0 heterocycles. The van der Waals surface area contributed by atoms with Gasteiger partial charge in [-0.05, 0) is 42.7 Å². The van der Waals surface area contributed by atoms with Gasteiger partial charge in [-0.15, -0.1) is 0 Å². The lowest BCUT2D eigenvalue weighted by Crippen LogP contribution is -2.17. The first-order chi connectivity index (χ1) is 14.4. The maximum Gasteiger partial charge on any atom is 0.339 e. The molecule has 0 bridgehead atoms. The second-order valence-corrected chi connectivity index (χ2v) is 8.84. The van der Waals surface area contributed by atoms with Crippen molar-refractivity contribution in [2.45, 2.75) is 86.0 Å². The number of carbonyl (C=O) groups excluding carboxylic acids is 2. The summed E-state index contributed by atoms with van der Waals surface area (Å²) in [4.78, 5) is 25.0. The third-order valence-electron chi connectivity index (χ3n) is 5.99. The van der Waals surface area contributed by atoms with E-state index in [2.05, 4.69) is 34.6 Å². The van der Waals surface area contributed by atoms with E-state index in [-0.39, 0.29) is 11.1 Å². The van der Waals surface area contributed by atoms with Crippen molar-refractivity contribution in [3.05, 3.63) is 35.4 Å². The minimum absolute atomic E-state index is 0.286. The van der Waals surface area contributed by atoms with Gasteiger partial charge in [0.15, 0.2) is 0 Å². The van der Waals surface area contributed by atoms with Crippen molar-refractivity contribution in [3.63, 3.8) is 0 Å². The summed E-state index contributed by atoms with van der Waals surface area (Å²) in [5.74, 6) is 0.843. The first-order valence-corrected chi connectivity index (χ1v) is 11.8. The lowest BCUT2D eigenvalue weighted by molar-refractivity contribution is 0.0414. The predicted molar refractivity (Wildman–Crippen MR) is 123 cm³/mol. The molecule has 4 heteroatoms. The first-order valence-electron chi connectivity index (χ1n) is 11.8. The standard InChI is InChI=1S/C26H42O4/c1-6-20(3)13-9-8-12-18-29-25(27)23-14-10-11-15-24(23)26(28)30-19-22(5)17-16-21(4)7-2/h10-11,14-15,20-22H,6-9,12-13,16-19H2,1-5H3. The molecular weight excluding hydrogens is 376 g/mol. The van der Waals surface area contributed by atoms with Gasteiger partial charge >= 0.3 is 11.9 Å². The van der Waals surface area contributed by atoms with Crippen LogP contribution in [0.25, 0.3) is 0 Å². The van der Waals surface area contributed by atoms with Crippen LogP contribution in [0.15, 0.2) is 24.3 Å². The van der Waals surface area contributed by atoms with Crippen molar-refractivity contribution in [2.75, 3.05) is 13.2 Å². The highest BCUT2D eigenvalue weighted by Crippen LogP contribution is 2.17. The Labute approximate surface area is 183 Å². The fourth-order valence-electron chi connectivity index (χ4n) is 3.21. The average molecular weight is 419 g/mol. The summed E-state index contributed by atoms with van der Waals surface area (Å²) in [6.45, 7) is 11.8. The number of hydrogen-bond acceptors (Lipinski definition) is 4. The Morgan fingerprint density at radius 1 is 0.733 bits per heavy atom. The fourth-order valence-corrected chi connectivity index (χ4v) is 3.21. The molecule has 170 valence electrons. The molecule has 0 N–H and O–H groups in total. The number of esters is 2. The summed E-state index contributed by atoms with van der Waals surface area (Å²) in [7, 11) is 0. The Morgan fingerprint density at radius 2 is 1.27 bits per heavy atom. The molecule has 1 aromatic rings. The molecule has 0 saturated carbocycles. The summed E-state index contributed by atoms with van der Waals surface area (Å²) in [5, 5.41) is 0. The first kappa shape index (κ1) is 26.2. The van der Waals surface area contributed by atoms with Gasteiger partial charge in [-0.25, -0.2) is 9.59 Å². The molecule has 0 saturated heterocycles. The van der Waals surface area contributed by atoms with Gasteiger partial charge in [0.25, 0.3) is 0 Å². The Balaban J connectivity index is 2.46. The third-order valence-corrected chi connectivity index (χ3v) is 5.99. The molecule has 0 aliphatic heterocycles. The zero-order valence-electron chi connectivity index (χ0n) is 19.7. The maximum absolute atomic E-state index is 12.5. The van der Waals surface area contributed by atoms with Crippen molar-refractivity contribution in [1.82, 2.24) is 0 Å². The van der Waals surface area contributed by atoms with E-state index in [0.717, 1.165) is 38.0 Å². The highest BCUT2D eigenvalue weighted by Gasteiger charge is 2.19.